The standard InChI is InChI=1S/C13H13BrN2S/c1-9-3-10(2)5-11(4-9)7-17-13-6-12(14)15-8-16-13/h3-6,8H,7H2,1-2H3. The number of aryl methyl sites for hydroxylation is 2. The Balaban J connectivity index is 2.07. The highest BCUT2D eigenvalue weighted by Crippen LogP contribution is 2.23. The number of thioether (sulfide) groups is 1. The number of rotatable bonds is 3. The summed E-state index contributed by atoms with van der Waals surface area (Å²) < 4.78 is 0.829. The molecule has 0 saturated heterocycles. The first-order valence-corrected chi connectivity index (χ1v) is 7.09. The molecule has 1 heterocycles. The highest BCUT2D eigenvalue weighted by molar-refractivity contribution is 9.10. The van der Waals surface area contributed by atoms with Crippen LogP contribution in [0.2, 0.25) is 0 Å². The average molecular weight is 309 g/mol. The van der Waals surface area contributed by atoms with Crippen molar-refractivity contribution in [2.24, 2.45) is 0 Å². The zero-order valence-electron chi connectivity index (χ0n) is 9.77. The number of nitrogens with zero attached hydrogens (tertiary/aromatic N) is 2. The first-order valence-electron chi connectivity index (χ1n) is 5.31. The smallest absolute Gasteiger partial charge is 0.118 e. The molecule has 2 rings (SSSR count). The van der Waals surface area contributed by atoms with Crippen molar-refractivity contribution >= 4 is 27.7 Å². The van der Waals surface area contributed by atoms with Crippen LogP contribution in [0.4, 0.5) is 0 Å². The molecule has 17 heavy (non-hydrogen) atoms. The van der Waals surface area contributed by atoms with E-state index in [-0.39, 0.29) is 0 Å². The predicted octanol–water partition coefficient (Wildman–Crippen LogP) is 4.15. The van der Waals surface area contributed by atoms with E-state index in [0.29, 0.717) is 0 Å². The molecule has 88 valence electrons. The second-order valence-electron chi connectivity index (χ2n) is 3.96. The summed E-state index contributed by atoms with van der Waals surface area (Å²) in [6.45, 7) is 4.25. The van der Waals surface area contributed by atoms with E-state index >= 15 is 0 Å². The van der Waals surface area contributed by atoms with Gasteiger partial charge in [-0.2, -0.15) is 0 Å². The molecule has 1 aromatic carbocycles. The number of hydrogen-bond acceptors (Lipinski definition) is 3. The predicted molar refractivity (Wildman–Crippen MR) is 75.2 cm³/mol. The summed E-state index contributed by atoms with van der Waals surface area (Å²) in [7, 11) is 0. The zero-order chi connectivity index (χ0) is 12.3. The SMILES string of the molecule is Cc1cc(C)cc(CSc2cc(Br)ncn2)c1. The van der Waals surface area contributed by atoms with E-state index in [4.69, 9.17) is 0 Å². The summed E-state index contributed by atoms with van der Waals surface area (Å²) >= 11 is 5.07. The van der Waals surface area contributed by atoms with Gasteiger partial charge >= 0.3 is 0 Å². The van der Waals surface area contributed by atoms with Crippen molar-refractivity contribution in [1.29, 1.82) is 0 Å². The highest BCUT2D eigenvalue weighted by Gasteiger charge is 2.00. The van der Waals surface area contributed by atoms with Crippen LogP contribution in [-0.2, 0) is 5.75 Å². The fraction of sp³-hybridized carbons (Fsp3) is 0.231. The third-order valence-electron chi connectivity index (χ3n) is 2.28. The quantitative estimate of drug-likeness (QED) is 0.629. The lowest BCUT2D eigenvalue weighted by atomic mass is 10.1. The molecule has 0 aliphatic carbocycles. The first kappa shape index (κ1) is 12.6. The maximum absolute atomic E-state index is 4.22. The normalized spacial score (nSPS) is 10.5. The lowest BCUT2D eigenvalue weighted by Crippen LogP contribution is -1.87. The zero-order valence-corrected chi connectivity index (χ0v) is 12.2. The van der Waals surface area contributed by atoms with Crippen molar-refractivity contribution in [2.45, 2.75) is 24.6 Å². The van der Waals surface area contributed by atoms with Gasteiger partial charge in [-0.05, 0) is 35.3 Å². The monoisotopic (exact) mass is 308 g/mol. The maximum Gasteiger partial charge on any atom is 0.118 e. The van der Waals surface area contributed by atoms with Gasteiger partial charge in [-0.3, -0.25) is 0 Å². The van der Waals surface area contributed by atoms with E-state index in [0.717, 1.165) is 15.4 Å². The highest BCUT2D eigenvalue weighted by atomic mass is 79.9. The van der Waals surface area contributed by atoms with Crippen LogP contribution in [0.5, 0.6) is 0 Å². The molecule has 1 aromatic heterocycles. The Morgan fingerprint density at radius 1 is 1.06 bits per heavy atom. The van der Waals surface area contributed by atoms with Gasteiger partial charge < -0.3 is 0 Å². The Hall–Kier alpha value is -0.870. The molecule has 0 spiro atoms. The minimum Gasteiger partial charge on any atom is -0.230 e. The second-order valence-corrected chi connectivity index (χ2v) is 5.77. The summed E-state index contributed by atoms with van der Waals surface area (Å²) in [5.74, 6) is 0.936. The maximum atomic E-state index is 4.22. The molecule has 2 nitrogen and oxygen atoms in total. The Labute approximate surface area is 114 Å². The third-order valence-corrected chi connectivity index (χ3v) is 3.71. The number of benzene rings is 1. The van der Waals surface area contributed by atoms with Gasteiger partial charge in [-0.15, -0.1) is 11.8 Å². The van der Waals surface area contributed by atoms with Crippen molar-refractivity contribution in [1.82, 2.24) is 9.97 Å². The number of hydrogen-bond donors (Lipinski definition) is 0. The van der Waals surface area contributed by atoms with E-state index in [9.17, 15) is 0 Å². The van der Waals surface area contributed by atoms with Crippen LogP contribution in [0.15, 0.2) is 40.2 Å². The van der Waals surface area contributed by atoms with Crippen LogP contribution >= 0.6 is 27.7 Å². The molecule has 0 N–H and O–H groups in total. The Kier molecular flexibility index (Phi) is 4.18. The van der Waals surface area contributed by atoms with Crippen LogP contribution in [0.1, 0.15) is 16.7 Å². The van der Waals surface area contributed by atoms with Gasteiger partial charge in [0.15, 0.2) is 0 Å². The lowest BCUT2D eigenvalue weighted by molar-refractivity contribution is 1.03. The van der Waals surface area contributed by atoms with Crippen LogP contribution < -0.4 is 0 Å². The second kappa shape index (κ2) is 5.65. The summed E-state index contributed by atoms with van der Waals surface area (Å²) in [6.07, 6.45) is 1.58. The van der Waals surface area contributed by atoms with Crippen molar-refractivity contribution in [3.63, 3.8) is 0 Å². The first-order chi connectivity index (χ1) is 8.13. The molecular formula is C13H13BrN2S. The topological polar surface area (TPSA) is 25.8 Å². The van der Waals surface area contributed by atoms with Crippen molar-refractivity contribution in [2.75, 3.05) is 0 Å². The van der Waals surface area contributed by atoms with Crippen molar-refractivity contribution in [3.8, 4) is 0 Å². The fourth-order valence-electron chi connectivity index (χ4n) is 1.71. The fourth-order valence-corrected chi connectivity index (χ4v) is 2.96. The van der Waals surface area contributed by atoms with E-state index < -0.39 is 0 Å². The molecule has 2 aromatic rings. The molecule has 0 amide bonds. The average Bonchev–Trinajstić information content (AvgIpc) is 2.25. The van der Waals surface area contributed by atoms with Crippen LogP contribution in [0.3, 0.4) is 0 Å². The van der Waals surface area contributed by atoms with E-state index in [1.54, 1.807) is 18.1 Å². The van der Waals surface area contributed by atoms with Gasteiger partial charge in [0.05, 0.1) is 0 Å². The Morgan fingerprint density at radius 3 is 2.41 bits per heavy atom. The largest absolute Gasteiger partial charge is 0.230 e. The molecule has 4 heteroatoms. The van der Waals surface area contributed by atoms with Crippen LogP contribution in [-0.4, -0.2) is 9.97 Å². The number of halogens is 1. The molecule has 0 aliphatic heterocycles. The lowest BCUT2D eigenvalue weighted by Gasteiger charge is -2.04. The molecule has 0 saturated carbocycles. The summed E-state index contributed by atoms with van der Waals surface area (Å²) in [5.41, 5.74) is 3.95. The van der Waals surface area contributed by atoms with Gasteiger partial charge in [0, 0.05) is 11.8 Å². The van der Waals surface area contributed by atoms with Gasteiger partial charge in [-0.1, -0.05) is 29.3 Å². The Bertz CT molecular complexity index is 508. The van der Waals surface area contributed by atoms with Crippen LogP contribution in [0, 0.1) is 13.8 Å². The van der Waals surface area contributed by atoms with Gasteiger partial charge in [0.2, 0.25) is 0 Å². The Morgan fingerprint density at radius 2 is 1.76 bits per heavy atom. The van der Waals surface area contributed by atoms with Crippen molar-refractivity contribution < 1.29 is 0 Å². The molecule has 0 radical (unpaired) electrons. The molecular weight excluding hydrogens is 296 g/mol. The number of aromatic nitrogens is 2. The summed E-state index contributed by atoms with van der Waals surface area (Å²) in [4.78, 5) is 8.24. The van der Waals surface area contributed by atoms with Gasteiger partial charge in [0.25, 0.3) is 0 Å². The van der Waals surface area contributed by atoms with E-state index in [2.05, 4.69) is 57.9 Å². The molecule has 0 atom stereocenters. The third kappa shape index (κ3) is 3.82. The molecule has 0 bridgehead atoms. The van der Waals surface area contributed by atoms with Crippen molar-refractivity contribution in [3.05, 3.63) is 51.9 Å². The summed E-state index contributed by atoms with van der Waals surface area (Å²) in [6, 6.07) is 8.56. The van der Waals surface area contributed by atoms with E-state index in [1.807, 2.05) is 6.07 Å². The molecule has 0 fully saturated rings. The van der Waals surface area contributed by atoms with Gasteiger partial charge in [-0.25, -0.2) is 9.97 Å². The molecule has 0 unspecified atom stereocenters. The summed E-state index contributed by atoms with van der Waals surface area (Å²) in [5, 5.41) is 0.992. The van der Waals surface area contributed by atoms with Crippen LogP contribution in [0.25, 0.3) is 0 Å². The minimum absolute atomic E-state index is 0.829. The minimum atomic E-state index is 0.829. The van der Waals surface area contributed by atoms with Gasteiger partial charge in [0.1, 0.15) is 16.0 Å². The molecule has 0 aliphatic rings. The van der Waals surface area contributed by atoms with E-state index in [1.165, 1.54) is 16.7 Å².